The fourth-order valence-corrected chi connectivity index (χ4v) is 9.15. The second-order valence-electron chi connectivity index (χ2n) is 18.3. The average Bonchev–Trinajstić information content (AvgIpc) is 4.20. The van der Waals surface area contributed by atoms with E-state index in [1.54, 1.807) is 60.8 Å². The van der Waals surface area contributed by atoms with Crippen molar-refractivity contribution < 1.29 is 47.4 Å². The normalized spacial score (nSPS) is 17.1. The molecule has 1 unspecified atom stereocenters. The average molecular weight is 1010 g/mol. The van der Waals surface area contributed by atoms with Gasteiger partial charge in [0.05, 0.1) is 35.6 Å². The summed E-state index contributed by atoms with van der Waals surface area (Å²) in [6, 6.07) is 21.2. The van der Waals surface area contributed by atoms with Crippen molar-refractivity contribution in [2.75, 3.05) is 72.5 Å². The Bertz CT molecular complexity index is 3200. The predicted octanol–water partition coefficient (Wildman–Crippen LogP) is 5.39. The van der Waals surface area contributed by atoms with Gasteiger partial charge in [-0.05, 0) is 124 Å². The molecule has 21 nitrogen and oxygen atoms in total. The van der Waals surface area contributed by atoms with Crippen LogP contribution in [0, 0.1) is 11.2 Å². The van der Waals surface area contributed by atoms with Crippen LogP contribution in [0.3, 0.4) is 0 Å². The lowest BCUT2D eigenvalue weighted by molar-refractivity contribution is -0.136. The Morgan fingerprint density at radius 2 is 1.50 bits per heavy atom. The predicted molar refractivity (Wildman–Crippen MR) is 267 cm³/mol. The number of carbonyl (C=O) groups is 7. The van der Waals surface area contributed by atoms with Gasteiger partial charge >= 0.3 is 0 Å². The molecule has 22 heteroatoms. The number of ether oxygens (including phenoxy) is 2. The number of pyridine rings is 1. The van der Waals surface area contributed by atoms with E-state index in [1.165, 1.54) is 37.6 Å². The van der Waals surface area contributed by atoms with Crippen LogP contribution < -0.4 is 41.0 Å². The third-order valence-electron chi connectivity index (χ3n) is 13.5. The Labute approximate surface area is 422 Å². The molecule has 7 amide bonds. The smallest absolute Gasteiger partial charge is 0.277 e. The highest BCUT2D eigenvalue weighted by atomic mass is 19.1. The van der Waals surface area contributed by atoms with Crippen LogP contribution in [0.15, 0.2) is 97.3 Å². The topological polar surface area (TPSA) is 259 Å². The fourth-order valence-electron chi connectivity index (χ4n) is 9.15. The van der Waals surface area contributed by atoms with Gasteiger partial charge in [-0.2, -0.15) is 0 Å². The summed E-state index contributed by atoms with van der Waals surface area (Å²) in [5, 5.41) is 22.5. The largest absolute Gasteiger partial charge is 0.495 e. The van der Waals surface area contributed by atoms with Crippen LogP contribution in [0.5, 0.6) is 17.2 Å². The van der Waals surface area contributed by atoms with E-state index in [9.17, 15) is 38.0 Å². The van der Waals surface area contributed by atoms with Gasteiger partial charge in [0.1, 0.15) is 34.5 Å². The molecule has 10 rings (SSSR count). The molecule has 0 spiro atoms. The van der Waals surface area contributed by atoms with Crippen LogP contribution in [-0.4, -0.2) is 124 Å². The van der Waals surface area contributed by atoms with E-state index in [4.69, 9.17) is 9.47 Å². The summed E-state index contributed by atoms with van der Waals surface area (Å²) in [6.45, 7) is 4.54. The van der Waals surface area contributed by atoms with Crippen LogP contribution in [0.4, 0.5) is 33.1 Å². The molecular weight excluding hydrogens is 956 g/mol. The van der Waals surface area contributed by atoms with E-state index in [0.29, 0.717) is 64.6 Å². The number of unbranched alkanes of at least 4 members (excludes halogenated alkanes) is 1. The lowest BCUT2D eigenvalue weighted by atomic mass is 10.0. The molecule has 1 saturated carbocycles. The van der Waals surface area contributed by atoms with Crippen molar-refractivity contribution >= 4 is 81.0 Å². The number of nitrogens with zero attached hydrogens (tertiary/aromatic N) is 7. The number of amides is 7. The van der Waals surface area contributed by atoms with Crippen molar-refractivity contribution in [1.29, 1.82) is 0 Å². The third-order valence-corrected chi connectivity index (χ3v) is 13.5. The minimum absolute atomic E-state index is 0.0174. The molecule has 4 aromatic carbocycles. The summed E-state index contributed by atoms with van der Waals surface area (Å²) in [5.74, 6) is -2.47. The Morgan fingerprint density at radius 3 is 2.18 bits per heavy atom. The molecule has 3 aliphatic heterocycles. The monoisotopic (exact) mass is 1000 g/mol. The number of fused-ring (bicyclic) bond motifs is 2. The second-order valence-corrected chi connectivity index (χ2v) is 18.3. The quantitative estimate of drug-likeness (QED) is 0.0436. The van der Waals surface area contributed by atoms with Crippen molar-refractivity contribution in [2.24, 2.45) is 5.41 Å². The molecule has 6 aromatic rings. The Kier molecular flexibility index (Phi) is 13.6. The number of piperazine rings is 1. The highest BCUT2D eigenvalue weighted by Gasteiger charge is 2.56. The number of piperidine rings is 1. The molecule has 3 fully saturated rings. The minimum Gasteiger partial charge on any atom is -0.495 e. The maximum absolute atomic E-state index is 13.3. The summed E-state index contributed by atoms with van der Waals surface area (Å²) in [5.41, 5.74) is 1.82. The van der Waals surface area contributed by atoms with Crippen LogP contribution in [0.2, 0.25) is 0 Å². The van der Waals surface area contributed by atoms with E-state index in [1.807, 2.05) is 6.07 Å². The maximum Gasteiger partial charge on any atom is 0.277 e. The molecule has 1 atom stereocenters. The SMILES string of the molecule is COc1cc2c(Oc3ccc(NC(=O)C4(C(=O)Nc5ccc(F)cc5)CC4)cc3)ccnc2cc1NC(=O)c1cnc(NCCCCN2CCN(c3ccc4c(c3)C(=O)N(C3CCC(=O)NC3=O)C4=O)CC2)nn1. The van der Waals surface area contributed by atoms with Gasteiger partial charge in [-0.25, -0.2) is 9.37 Å². The van der Waals surface area contributed by atoms with E-state index in [-0.39, 0.29) is 35.6 Å². The van der Waals surface area contributed by atoms with E-state index < -0.39 is 58.6 Å². The Balaban J connectivity index is 0.663. The van der Waals surface area contributed by atoms with Crippen molar-refractivity contribution in [1.82, 2.24) is 35.3 Å². The maximum atomic E-state index is 13.3. The van der Waals surface area contributed by atoms with Crippen molar-refractivity contribution in [3.8, 4) is 17.2 Å². The molecule has 5 N–H and O–H groups in total. The number of hydrogen-bond donors (Lipinski definition) is 5. The Morgan fingerprint density at radius 1 is 0.784 bits per heavy atom. The van der Waals surface area contributed by atoms with Gasteiger partial charge in [0.2, 0.25) is 29.6 Å². The first-order valence-corrected chi connectivity index (χ1v) is 24.1. The van der Waals surface area contributed by atoms with Gasteiger partial charge in [-0.1, -0.05) is 0 Å². The first-order valence-electron chi connectivity index (χ1n) is 24.1. The molecule has 378 valence electrons. The van der Waals surface area contributed by atoms with E-state index in [2.05, 4.69) is 56.5 Å². The summed E-state index contributed by atoms with van der Waals surface area (Å²) >= 11 is 0. The summed E-state index contributed by atoms with van der Waals surface area (Å²) in [7, 11) is 1.47. The van der Waals surface area contributed by atoms with E-state index in [0.717, 1.165) is 56.2 Å². The number of benzene rings is 4. The minimum atomic E-state index is -1.21. The molecular formula is C52H49FN12O9. The van der Waals surface area contributed by atoms with Gasteiger partial charge in [0.15, 0.2) is 5.69 Å². The number of rotatable bonds is 17. The zero-order valence-electron chi connectivity index (χ0n) is 40.0. The van der Waals surface area contributed by atoms with E-state index >= 15 is 0 Å². The van der Waals surface area contributed by atoms with Gasteiger partial charge in [-0.3, -0.25) is 53.7 Å². The number of halogens is 1. The number of aromatic nitrogens is 4. The van der Waals surface area contributed by atoms with Gasteiger partial charge < -0.3 is 35.6 Å². The number of nitrogens with one attached hydrogen (secondary N) is 5. The highest BCUT2D eigenvalue weighted by molar-refractivity contribution is 6.24. The molecule has 4 aliphatic rings. The summed E-state index contributed by atoms with van der Waals surface area (Å²) in [4.78, 5) is 104. The number of anilines is 5. The third kappa shape index (κ3) is 10.2. The fraction of sp³-hybridized carbons (Fsp3) is 0.288. The number of carbonyl (C=O) groups excluding carboxylic acids is 7. The van der Waals surface area contributed by atoms with Crippen LogP contribution in [-0.2, 0) is 19.2 Å². The molecule has 74 heavy (non-hydrogen) atoms. The second kappa shape index (κ2) is 20.7. The lowest BCUT2D eigenvalue weighted by Gasteiger charge is -2.36. The summed E-state index contributed by atoms with van der Waals surface area (Å²) < 4.78 is 25.2. The lowest BCUT2D eigenvalue weighted by Crippen LogP contribution is -2.54. The van der Waals surface area contributed by atoms with Crippen LogP contribution >= 0.6 is 0 Å². The first kappa shape index (κ1) is 48.7. The molecule has 5 heterocycles. The molecule has 0 radical (unpaired) electrons. The van der Waals surface area contributed by atoms with Crippen molar-refractivity contribution in [3.63, 3.8) is 0 Å². The van der Waals surface area contributed by atoms with Gasteiger partial charge in [0, 0.05) is 67.8 Å². The highest BCUT2D eigenvalue weighted by Crippen LogP contribution is 2.48. The van der Waals surface area contributed by atoms with Gasteiger partial charge in [-0.15, -0.1) is 10.2 Å². The van der Waals surface area contributed by atoms with Crippen LogP contribution in [0.1, 0.15) is 69.7 Å². The standard InChI is InChI=1S/C52H49FN12O9/c1-73-43-27-37-38(54-20-16-42(37)74-34-11-8-32(9-12-34)58-50(72)52(17-18-52)49(71)57-31-6-4-30(53)5-7-31)28-39(43)59-45(67)40-29-56-51(62-61-40)55-19-2-3-21-63-22-24-64(25-23-63)33-10-13-35-36(26-33)48(70)65(47(35)69)41-14-15-44(66)60-46(41)68/h4-13,16,20,26-29,41H,2-3,14-15,17-19,21-25H2,1H3,(H,57,71)(H,58,72)(H,59,67)(H,55,56,62)(H,60,66,68). The molecule has 2 saturated heterocycles. The zero-order valence-corrected chi connectivity index (χ0v) is 40.0. The molecule has 0 bridgehead atoms. The summed E-state index contributed by atoms with van der Waals surface area (Å²) in [6.07, 6.45) is 5.58. The zero-order chi connectivity index (χ0) is 51.5. The van der Waals surface area contributed by atoms with Gasteiger partial charge in [0.25, 0.3) is 17.7 Å². The number of imide groups is 2. The van der Waals surface area contributed by atoms with Crippen molar-refractivity contribution in [3.05, 3.63) is 120 Å². The molecule has 2 aromatic heterocycles. The number of methoxy groups -OCH3 is 1. The van der Waals surface area contributed by atoms with Crippen LogP contribution in [0.25, 0.3) is 10.9 Å². The Hall–Kier alpha value is -8.92. The first-order chi connectivity index (χ1) is 35.8. The molecule has 1 aliphatic carbocycles. The number of hydrogen-bond acceptors (Lipinski definition) is 16. The van der Waals surface area contributed by atoms with Crippen molar-refractivity contribution in [2.45, 2.75) is 44.6 Å².